The molecule has 6 aromatic carbocycles. The van der Waals surface area contributed by atoms with Gasteiger partial charge >= 0.3 is 0 Å². The number of benzene rings is 6. The third-order valence-electron chi connectivity index (χ3n) is 8.00. The molecule has 7 aromatic rings. The number of nitrogens with zero attached hydrogens (tertiary/aromatic N) is 3. The minimum atomic E-state index is -0.507. The van der Waals surface area contributed by atoms with Gasteiger partial charge in [-0.05, 0) is 78.5 Å². The Morgan fingerprint density at radius 2 is 1.57 bits per heavy atom. The minimum Gasteiger partial charge on any atom is -0.505 e. The van der Waals surface area contributed by atoms with Gasteiger partial charge in [0.15, 0.2) is 5.75 Å². The number of carbonyl (C=O) groups is 2. The summed E-state index contributed by atoms with van der Waals surface area (Å²) in [7, 11) is 1.49. The van der Waals surface area contributed by atoms with Crippen molar-refractivity contribution in [1.82, 2.24) is 4.98 Å². The maximum atomic E-state index is 13.7. The molecule has 2 amide bonds. The SMILES string of the molecule is COc1ccc(C(=O)Nc2ccccc2)cc1N=Nc1c(O)c(C(=O)Nc2ccccc2C)cc2cc(-c3nc4ccccc4s3)ccc12. The Labute approximate surface area is 285 Å². The number of aromatic hydroxyl groups is 1. The van der Waals surface area contributed by atoms with Crippen molar-refractivity contribution in [2.45, 2.75) is 6.92 Å². The average molecular weight is 664 g/mol. The van der Waals surface area contributed by atoms with E-state index in [0.29, 0.717) is 33.5 Å². The van der Waals surface area contributed by atoms with Gasteiger partial charge in [-0.3, -0.25) is 9.59 Å². The summed E-state index contributed by atoms with van der Waals surface area (Å²) < 4.78 is 6.58. The Balaban J connectivity index is 1.32. The number of methoxy groups -OCH3 is 1. The Morgan fingerprint density at radius 3 is 2.37 bits per heavy atom. The third kappa shape index (κ3) is 6.45. The number of phenolic OH excluding ortho intramolecular Hbond substituents is 1. The van der Waals surface area contributed by atoms with E-state index in [1.165, 1.54) is 7.11 Å². The molecule has 7 rings (SSSR count). The van der Waals surface area contributed by atoms with Gasteiger partial charge in [-0.1, -0.05) is 60.7 Å². The van der Waals surface area contributed by atoms with E-state index in [1.807, 2.05) is 85.8 Å². The maximum absolute atomic E-state index is 13.7. The number of phenols is 1. The minimum absolute atomic E-state index is 0.0223. The number of rotatable bonds is 8. The predicted octanol–water partition coefficient (Wildman–Crippen LogP) is 10.1. The molecule has 0 aliphatic carbocycles. The van der Waals surface area contributed by atoms with Crippen molar-refractivity contribution >= 4 is 66.9 Å². The first kappa shape index (κ1) is 31.2. The molecule has 0 unspecified atom stereocenters. The highest BCUT2D eigenvalue weighted by Crippen LogP contribution is 2.42. The molecule has 0 fully saturated rings. The number of aromatic nitrogens is 1. The normalized spacial score (nSPS) is 11.2. The highest BCUT2D eigenvalue weighted by molar-refractivity contribution is 7.21. The first-order valence-electron chi connectivity index (χ1n) is 15.4. The molecule has 0 atom stereocenters. The Hall–Kier alpha value is -6.39. The smallest absolute Gasteiger partial charge is 0.259 e. The monoisotopic (exact) mass is 663 g/mol. The highest BCUT2D eigenvalue weighted by Gasteiger charge is 2.21. The number of hydrogen-bond acceptors (Lipinski definition) is 8. The zero-order chi connectivity index (χ0) is 33.9. The second-order valence-corrected chi connectivity index (χ2v) is 12.3. The van der Waals surface area contributed by atoms with E-state index in [-0.39, 0.29) is 28.6 Å². The molecule has 0 aliphatic rings. The molecule has 9 nitrogen and oxygen atoms in total. The molecule has 3 N–H and O–H groups in total. The van der Waals surface area contributed by atoms with Gasteiger partial charge in [-0.25, -0.2) is 4.98 Å². The molecule has 240 valence electrons. The summed E-state index contributed by atoms with van der Waals surface area (Å²) in [5, 5.41) is 28.3. The number of anilines is 2. The number of fused-ring (bicyclic) bond motifs is 2. The fourth-order valence-electron chi connectivity index (χ4n) is 5.42. The molecule has 1 heterocycles. The van der Waals surface area contributed by atoms with E-state index in [4.69, 9.17) is 9.72 Å². The molecular weight excluding hydrogens is 635 g/mol. The van der Waals surface area contributed by atoms with Crippen LogP contribution in [0.1, 0.15) is 26.3 Å². The highest BCUT2D eigenvalue weighted by atomic mass is 32.1. The first-order chi connectivity index (χ1) is 23.9. The van der Waals surface area contributed by atoms with E-state index >= 15 is 0 Å². The van der Waals surface area contributed by atoms with Crippen molar-refractivity contribution in [2.24, 2.45) is 10.2 Å². The van der Waals surface area contributed by atoms with Crippen LogP contribution in [-0.2, 0) is 0 Å². The van der Waals surface area contributed by atoms with Crippen LogP contribution in [-0.4, -0.2) is 29.0 Å². The molecule has 0 spiro atoms. The molecule has 1 aromatic heterocycles. The maximum Gasteiger partial charge on any atom is 0.259 e. The van der Waals surface area contributed by atoms with E-state index in [2.05, 4.69) is 20.9 Å². The van der Waals surface area contributed by atoms with Gasteiger partial charge in [0.25, 0.3) is 11.8 Å². The second-order valence-electron chi connectivity index (χ2n) is 11.2. The third-order valence-corrected chi connectivity index (χ3v) is 9.08. The van der Waals surface area contributed by atoms with Crippen LogP contribution in [0.15, 0.2) is 132 Å². The zero-order valence-corrected chi connectivity index (χ0v) is 27.3. The van der Waals surface area contributed by atoms with E-state index < -0.39 is 5.91 Å². The van der Waals surface area contributed by atoms with Gasteiger partial charge in [-0.15, -0.1) is 21.6 Å². The molecule has 0 aliphatic heterocycles. The summed E-state index contributed by atoms with van der Waals surface area (Å²) in [5.41, 5.74) is 4.59. The molecular formula is C39H29N5O4S. The number of azo groups is 1. The number of hydrogen-bond donors (Lipinski definition) is 3. The summed E-state index contributed by atoms with van der Waals surface area (Å²) in [6.45, 7) is 1.89. The molecule has 0 bridgehead atoms. The van der Waals surface area contributed by atoms with Crippen LogP contribution in [0.5, 0.6) is 11.5 Å². The average Bonchev–Trinajstić information content (AvgIpc) is 3.57. The van der Waals surface area contributed by atoms with Crippen LogP contribution in [0.4, 0.5) is 22.7 Å². The van der Waals surface area contributed by atoms with Crippen LogP contribution in [0.2, 0.25) is 0 Å². The quantitative estimate of drug-likeness (QED) is 0.140. The lowest BCUT2D eigenvalue weighted by Crippen LogP contribution is -2.13. The van der Waals surface area contributed by atoms with Crippen LogP contribution >= 0.6 is 11.3 Å². The number of nitrogens with one attached hydrogen (secondary N) is 2. The zero-order valence-electron chi connectivity index (χ0n) is 26.5. The molecule has 49 heavy (non-hydrogen) atoms. The molecule has 0 saturated carbocycles. The Kier molecular flexibility index (Phi) is 8.53. The lowest BCUT2D eigenvalue weighted by molar-refractivity contribution is 0.101. The number of carbonyl (C=O) groups excluding carboxylic acids is 2. The summed E-state index contributed by atoms with van der Waals surface area (Å²) >= 11 is 1.57. The van der Waals surface area contributed by atoms with Crippen molar-refractivity contribution in [3.05, 3.63) is 138 Å². The number of thiazole rings is 1. The fourth-order valence-corrected chi connectivity index (χ4v) is 6.38. The van der Waals surface area contributed by atoms with Gasteiger partial charge in [0.1, 0.15) is 22.1 Å². The Bertz CT molecular complexity index is 2370. The van der Waals surface area contributed by atoms with Gasteiger partial charge in [0, 0.05) is 27.9 Å². The van der Waals surface area contributed by atoms with E-state index in [0.717, 1.165) is 26.4 Å². The van der Waals surface area contributed by atoms with Gasteiger partial charge in [0.05, 0.1) is 22.9 Å². The number of ether oxygens (including phenoxy) is 1. The predicted molar refractivity (Wildman–Crippen MR) is 195 cm³/mol. The van der Waals surface area contributed by atoms with Crippen molar-refractivity contribution in [2.75, 3.05) is 17.7 Å². The van der Waals surface area contributed by atoms with E-state index in [1.54, 1.807) is 53.8 Å². The van der Waals surface area contributed by atoms with Crippen molar-refractivity contribution in [3.63, 3.8) is 0 Å². The lowest BCUT2D eigenvalue weighted by Gasteiger charge is -2.13. The van der Waals surface area contributed by atoms with Gasteiger partial charge in [-0.2, -0.15) is 0 Å². The number of para-hydroxylation sites is 3. The van der Waals surface area contributed by atoms with Crippen LogP contribution < -0.4 is 15.4 Å². The van der Waals surface area contributed by atoms with Crippen molar-refractivity contribution in [1.29, 1.82) is 0 Å². The summed E-state index contributed by atoms with van der Waals surface area (Å²) in [4.78, 5) is 31.5. The van der Waals surface area contributed by atoms with Gasteiger partial charge < -0.3 is 20.5 Å². The molecule has 0 saturated heterocycles. The van der Waals surface area contributed by atoms with Gasteiger partial charge in [0.2, 0.25) is 0 Å². The van der Waals surface area contributed by atoms with Crippen molar-refractivity contribution in [3.8, 4) is 22.1 Å². The van der Waals surface area contributed by atoms with Crippen LogP contribution in [0.25, 0.3) is 31.6 Å². The molecule has 0 radical (unpaired) electrons. The standard InChI is InChI=1S/C39H29N5O4S/c1-23-10-6-7-13-30(23)41-38(47)29-21-26-20-25(39-42-31-14-8-9-15-34(31)49-39)16-18-28(26)35(36(29)45)44-43-32-22-24(17-19-33(32)48-2)37(46)40-27-11-4-3-5-12-27/h3-22,45H,1-2H3,(H,40,46)(H,41,47). The van der Waals surface area contributed by atoms with Crippen molar-refractivity contribution < 1.29 is 19.4 Å². The topological polar surface area (TPSA) is 125 Å². The number of amides is 2. The Morgan fingerprint density at radius 1 is 0.796 bits per heavy atom. The summed E-state index contributed by atoms with van der Waals surface area (Å²) in [6.07, 6.45) is 0. The summed E-state index contributed by atoms with van der Waals surface area (Å²) in [5.74, 6) is -0.814. The fraction of sp³-hybridized carbons (Fsp3) is 0.0513. The van der Waals surface area contributed by atoms with E-state index in [9.17, 15) is 14.7 Å². The van der Waals surface area contributed by atoms with Crippen LogP contribution in [0, 0.1) is 6.92 Å². The number of aryl methyl sites for hydroxylation is 1. The first-order valence-corrected chi connectivity index (χ1v) is 16.2. The molecule has 10 heteroatoms. The largest absolute Gasteiger partial charge is 0.505 e. The lowest BCUT2D eigenvalue weighted by atomic mass is 10.0. The second kappa shape index (κ2) is 13.4. The van der Waals surface area contributed by atoms with Crippen LogP contribution in [0.3, 0.4) is 0 Å². The summed E-state index contributed by atoms with van der Waals surface area (Å²) in [6, 6.07) is 36.5.